The number of methoxy groups -OCH3 is 1. The molecule has 1 saturated heterocycles. The quantitative estimate of drug-likeness (QED) is 0.648. The molecule has 0 amide bonds. The number of ether oxygens (including phenoxy) is 1. The second-order valence-corrected chi connectivity index (χ2v) is 9.99. The fourth-order valence-corrected chi connectivity index (χ4v) is 6.16. The first-order chi connectivity index (χ1) is 14.8. The molecule has 3 aromatic rings. The summed E-state index contributed by atoms with van der Waals surface area (Å²) in [7, 11) is -1.95. The van der Waals surface area contributed by atoms with Crippen LogP contribution < -0.4 is 4.74 Å². The van der Waals surface area contributed by atoms with Crippen molar-refractivity contribution in [2.45, 2.75) is 44.4 Å². The van der Waals surface area contributed by atoms with Gasteiger partial charge in [0.1, 0.15) is 10.6 Å². The molecular weight excluding hydrogens is 412 g/mol. The summed E-state index contributed by atoms with van der Waals surface area (Å²) in [5.74, 6) is 0.862. The third-order valence-corrected chi connectivity index (χ3v) is 7.99. The van der Waals surface area contributed by atoms with Gasteiger partial charge >= 0.3 is 0 Å². The molecule has 4 rings (SSSR count). The number of nitrogens with zero attached hydrogens (tertiary/aromatic N) is 3. The maximum absolute atomic E-state index is 13.3. The fourth-order valence-electron chi connectivity index (χ4n) is 4.31. The molecule has 7 nitrogen and oxygen atoms in total. The SMILES string of the molecule is COc1ccc(-c2cc(C)nc([C@H]3CCCN(S(=O)(=O)c4c(C)n[nH]c4C)C3)c2)cc1. The highest BCUT2D eigenvalue weighted by molar-refractivity contribution is 7.89. The molecule has 1 fully saturated rings. The number of benzene rings is 1. The van der Waals surface area contributed by atoms with E-state index in [0.29, 0.717) is 29.4 Å². The van der Waals surface area contributed by atoms with E-state index >= 15 is 0 Å². The van der Waals surface area contributed by atoms with Gasteiger partial charge in [0.2, 0.25) is 10.0 Å². The van der Waals surface area contributed by atoms with Crippen molar-refractivity contribution in [3.8, 4) is 16.9 Å². The van der Waals surface area contributed by atoms with Crippen LogP contribution in [0, 0.1) is 20.8 Å². The highest BCUT2D eigenvalue weighted by atomic mass is 32.2. The summed E-state index contributed by atoms with van der Waals surface area (Å²) in [4.78, 5) is 5.06. The molecule has 0 aliphatic carbocycles. The van der Waals surface area contributed by atoms with E-state index in [1.165, 1.54) is 0 Å². The first-order valence-electron chi connectivity index (χ1n) is 10.4. The number of piperidine rings is 1. The van der Waals surface area contributed by atoms with Crippen molar-refractivity contribution in [3.63, 3.8) is 0 Å². The molecule has 1 atom stereocenters. The van der Waals surface area contributed by atoms with Crippen LogP contribution in [0.4, 0.5) is 0 Å². The molecule has 8 heteroatoms. The van der Waals surface area contributed by atoms with Gasteiger partial charge in [0.05, 0.1) is 18.5 Å². The van der Waals surface area contributed by atoms with Crippen molar-refractivity contribution in [2.24, 2.45) is 0 Å². The molecule has 0 radical (unpaired) electrons. The van der Waals surface area contributed by atoms with E-state index < -0.39 is 10.0 Å². The van der Waals surface area contributed by atoms with Gasteiger partial charge in [-0.05, 0) is 69.0 Å². The number of rotatable bonds is 5. The molecular formula is C23H28N4O3S. The number of pyridine rings is 1. The van der Waals surface area contributed by atoms with Gasteiger partial charge in [-0.1, -0.05) is 12.1 Å². The summed E-state index contributed by atoms with van der Waals surface area (Å²) in [6.45, 7) is 6.38. The van der Waals surface area contributed by atoms with Crippen molar-refractivity contribution in [3.05, 3.63) is 59.2 Å². The topological polar surface area (TPSA) is 88.2 Å². The number of hydrogen-bond acceptors (Lipinski definition) is 5. The van der Waals surface area contributed by atoms with Crippen LogP contribution in [0.15, 0.2) is 41.3 Å². The molecule has 1 aromatic carbocycles. The minimum absolute atomic E-state index is 0.0490. The zero-order chi connectivity index (χ0) is 22.2. The summed E-state index contributed by atoms with van der Waals surface area (Å²) in [5, 5.41) is 6.86. The fraction of sp³-hybridized carbons (Fsp3) is 0.391. The molecule has 2 aromatic heterocycles. The average molecular weight is 441 g/mol. The lowest BCUT2D eigenvalue weighted by Crippen LogP contribution is -2.39. The summed E-state index contributed by atoms with van der Waals surface area (Å²) in [6, 6.07) is 12.1. The first kappa shape index (κ1) is 21.5. The van der Waals surface area contributed by atoms with Gasteiger partial charge < -0.3 is 4.74 Å². The largest absolute Gasteiger partial charge is 0.497 e. The Labute approximate surface area is 183 Å². The lowest BCUT2D eigenvalue weighted by molar-refractivity contribution is 0.312. The predicted octanol–water partition coefficient (Wildman–Crippen LogP) is 3.97. The van der Waals surface area contributed by atoms with Crippen LogP contribution in [-0.2, 0) is 10.0 Å². The van der Waals surface area contributed by atoms with E-state index in [4.69, 9.17) is 9.72 Å². The number of sulfonamides is 1. The molecule has 31 heavy (non-hydrogen) atoms. The van der Waals surface area contributed by atoms with E-state index in [9.17, 15) is 8.42 Å². The molecule has 1 N–H and O–H groups in total. The molecule has 0 bridgehead atoms. The zero-order valence-corrected chi connectivity index (χ0v) is 19.2. The smallest absolute Gasteiger partial charge is 0.246 e. The number of hydrogen-bond donors (Lipinski definition) is 1. The Balaban J connectivity index is 1.63. The van der Waals surface area contributed by atoms with Gasteiger partial charge in [-0.25, -0.2) is 8.42 Å². The van der Waals surface area contributed by atoms with E-state index in [-0.39, 0.29) is 5.92 Å². The molecule has 0 spiro atoms. The third-order valence-electron chi connectivity index (χ3n) is 5.86. The zero-order valence-electron chi connectivity index (χ0n) is 18.3. The summed E-state index contributed by atoms with van der Waals surface area (Å²) in [5.41, 5.74) is 5.10. The van der Waals surface area contributed by atoms with Crippen LogP contribution in [0.2, 0.25) is 0 Å². The number of H-pyrrole nitrogens is 1. The van der Waals surface area contributed by atoms with Crippen LogP contribution in [0.1, 0.15) is 41.5 Å². The van der Waals surface area contributed by atoms with Crippen molar-refractivity contribution in [1.29, 1.82) is 0 Å². The molecule has 3 heterocycles. The second-order valence-electron chi connectivity index (χ2n) is 8.12. The highest BCUT2D eigenvalue weighted by Gasteiger charge is 2.34. The van der Waals surface area contributed by atoms with E-state index in [1.54, 1.807) is 25.3 Å². The standard InChI is InChI=1S/C23H28N4O3S/c1-15-12-20(18-7-9-21(30-4)10-8-18)13-22(24-15)19-6-5-11-27(14-19)31(28,29)23-16(2)25-26-17(23)3/h7-10,12-13,19H,5-6,11,14H2,1-4H3,(H,25,26)/t19-/m0/s1. The number of aromatic nitrogens is 3. The molecule has 0 saturated carbocycles. The summed E-state index contributed by atoms with van der Waals surface area (Å²) in [6.07, 6.45) is 1.71. The van der Waals surface area contributed by atoms with E-state index in [1.807, 2.05) is 31.2 Å². The van der Waals surface area contributed by atoms with Crippen molar-refractivity contribution in [2.75, 3.05) is 20.2 Å². The Morgan fingerprint density at radius 1 is 1.10 bits per heavy atom. The third kappa shape index (κ3) is 4.22. The Kier molecular flexibility index (Phi) is 5.85. The van der Waals surface area contributed by atoms with Crippen LogP contribution in [0.25, 0.3) is 11.1 Å². The van der Waals surface area contributed by atoms with Crippen LogP contribution in [0.3, 0.4) is 0 Å². The normalized spacial score (nSPS) is 17.6. The van der Waals surface area contributed by atoms with Gasteiger partial charge in [0.15, 0.2) is 0 Å². The summed E-state index contributed by atoms with van der Waals surface area (Å²) >= 11 is 0. The van der Waals surface area contributed by atoms with Crippen molar-refractivity contribution < 1.29 is 13.2 Å². The number of aromatic amines is 1. The minimum atomic E-state index is -3.60. The maximum atomic E-state index is 13.3. The first-order valence-corrected chi connectivity index (χ1v) is 11.9. The van der Waals surface area contributed by atoms with Gasteiger partial charge in [0.25, 0.3) is 0 Å². The Morgan fingerprint density at radius 3 is 2.48 bits per heavy atom. The van der Waals surface area contributed by atoms with Gasteiger partial charge in [0, 0.05) is 30.4 Å². The van der Waals surface area contributed by atoms with Crippen LogP contribution in [-0.4, -0.2) is 48.1 Å². The number of nitrogens with one attached hydrogen (secondary N) is 1. The predicted molar refractivity (Wildman–Crippen MR) is 120 cm³/mol. The van der Waals surface area contributed by atoms with Gasteiger partial charge in [-0.15, -0.1) is 0 Å². The average Bonchev–Trinajstić information content (AvgIpc) is 3.12. The summed E-state index contributed by atoms with van der Waals surface area (Å²) < 4.78 is 33.5. The highest BCUT2D eigenvalue weighted by Crippen LogP contribution is 2.33. The van der Waals surface area contributed by atoms with Gasteiger partial charge in [-0.2, -0.15) is 9.40 Å². The molecule has 1 aliphatic heterocycles. The molecule has 1 aliphatic rings. The Morgan fingerprint density at radius 2 is 1.84 bits per heavy atom. The van der Waals surface area contributed by atoms with E-state index in [0.717, 1.165) is 41.1 Å². The Bertz CT molecular complexity index is 1170. The Hall–Kier alpha value is -2.71. The lowest BCUT2D eigenvalue weighted by atomic mass is 9.93. The van der Waals surface area contributed by atoms with Crippen molar-refractivity contribution in [1.82, 2.24) is 19.5 Å². The van der Waals surface area contributed by atoms with Crippen molar-refractivity contribution >= 4 is 10.0 Å². The minimum Gasteiger partial charge on any atom is -0.497 e. The van der Waals surface area contributed by atoms with Crippen LogP contribution in [0.5, 0.6) is 5.75 Å². The lowest BCUT2D eigenvalue weighted by Gasteiger charge is -2.32. The van der Waals surface area contributed by atoms with Gasteiger partial charge in [-0.3, -0.25) is 10.1 Å². The molecule has 164 valence electrons. The van der Waals surface area contributed by atoms with E-state index in [2.05, 4.69) is 22.3 Å². The van der Waals surface area contributed by atoms with Crippen LogP contribution >= 0.6 is 0 Å². The second kappa shape index (κ2) is 8.43. The monoisotopic (exact) mass is 440 g/mol. The maximum Gasteiger partial charge on any atom is 0.246 e. The number of aryl methyl sites for hydroxylation is 3. The molecule has 0 unspecified atom stereocenters.